The minimum Gasteiger partial charge on any atom is -0.444 e. The molecule has 2 aliphatic heterocycles. The van der Waals surface area contributed by atoms with Crippen molar-refractivity contribution in [3.05, 3.63) is 71.3 Å². The van der Waals surface area contributed by atoms with Gasteiger partial charge >= 0.3 is 6.09 Å². The van der Waals surface area contributed by atoms with Gasteiger partial charge in [-0.2, -0.15) is 0 Å². The number of rotatable bonds is 6. The first-order valence-electron chi connectivity index (χ1n) is 10.7. The third kappa shape index (κ3) is 4.57. The number of carbonyl (C=O) groups is 1. The summed E-state index contributed by atoms with van der Waals surface area (Å²) in [4.78, 5) is 15.4. The van der Waals surface area contributed by atoms with Gasteiger partial charge in [0.1, 0.15) is 23.3 Å². The number of cyclic esters (lactones) is 1. The van der Waals surface area contributed by atoms with Gasteiger partial charge in [-0.3, -0.25) is 0 Å². The van der Waals surface area contributed by atoms with E-state index >= 15 is 0 Å². The van der Waals surface area contributed by atoms with E-state index in [2.05, 4.69) is 4.90 Å². The molecule has 0 aromatic heterocycles. The van der Waals surface area contributed by atoms with Crippen molar-refractivity contribution in [2.45, 2.75) is 31.0 Å². The second kappa shape index (κ2) is 8.93. The minimum absolute atomic E-state index is 0.0782. The van der Waals surface area contributed by atoms with Crippen molar-refractivity contribution in [1.29, 1.82) is 0 Å². The molecule has 7 heteroatoms. The van der Waals surface area contributed by atoms with Crippen LogP contribution in [-0.2, 0) is 10.3 Å². The molecule has 0 unspecified atom stereocenters. The van der Waals surface area contributed by atoms with Crippen LogP contribution in [0.5, 0.6) is 0 Å². The Hall–Kier alpha value is -2.51. The molecular formula is C24H28F2N2O3. The number of ether oxygens (including phenoxy) is 1. The van der Waals surface area contributed by atoms with E-state index in [4.69, 9.17) is 4.74 Å². The first-order chi connectivity index (χ1) is 14.9. The van der Waals surface area contributed by atoms with Crippen molar-refractivity contribution >= 4 is 6.09 Å². The second-order valence-corrected chi connectivity index (χ2v) is 8.57. The maximum atomic E-state index is 13.5. The van der Waals surface area contributed by atoms with Crippen LogP contribution in [0.1, 0.15) is 30.4 Å². The first kappa shape index (κ1) is 21.7. The average Bonchev–Trinajstić information content (AvgIpc) is 3.10. The molecule has 31 heavy (non-hydrogen) atoms. The molecule has 1 atom stereocenters. The number of hydrogen-bond acceptors (Lipinski definition) is 4. The molecule has 2 fully saturated rings. The van der Waals surface area contributed by atoms with E-state index in [1.54, 1.807) is 36.2 Å². The Labute approximate surface area is 181 Å². The summed E-state index contributed by atoms with van der Waals surface area (Å²) in [6.07, 6.45) is 1.92. The molecule has 1 amide bonds. The Morgan fingerprint density at radius 2 is 1.52 bits per heavy atom. The van der Waals surface area contributed by atoms with Crippen LogP contribution in [-0.4, -0.2) is 60.3 Å². The molecule has 0 bridgehead atoms. The molecule has 0 aliphatic carbocycles. The number of carbonyl (C=O) groups excluding carboxylic acids is 1. The largest absolute Gasteiger partial charge is 0.444 e. The molecule has 2 saturated heterocycles. The predicted molar refractivity (Wildman–Crippen MR) is 112 cm³/mol. The Balaban J connectivity index is 1.45. The summed E-state index contributed by atoms with van der Waals surface area (Å²) in [5, 5.41) is 11.9. The van der Waals surface area contributed by atoms with Crippen LogP contribution in [0.15, 0.2) is 48.5 Å². The molecule has 0 spiro atoms. The predicted octanol–water partition coefficient (Wildman–Crippen LogP) is 3.75. The summed E-state index contributed by atoms with van der Waals surface area (Å²) in [5.74, 6) is -0.813. The van der Waals surface area contributed by atoms with Crippen LogP contribution >= 0.6 is 0 Å². The molecule has 1 N–H and O–H groups in total. The highest BCUT2D eigenvalue weighted by molar-refractivity contribution is 5.69. The third-order valence-corrected chi connectivity index (χ3v) is 6.57. The molecule has 2 aliphatic rings. The van der Waals surface area contributed by atoms with Gasteiger partial charge in [0, 0.05) is 13.6 Å². The summed E-state index contributed by atoms with van der Waals surface area (Å²) < 4.78 is 32.4. The lowest BCUT2D eigenvalue weighted by atomic mass is 9.72. The van der Waals surface area contributed by atoms with Crippen molar-refractivity contribution < 1.29 is 23.4 Å². The van der Waals surface area contributed by atoms with Crippen LogP contribution in [0.25, 0.3) is 0 Å². The van der Waals surface area contributed by atoms with Gasteiger partial charge in [0.2, 0.25) is 0 Å². The molecule has 2 heterocycles. The minimum atomic E-state index is -1.32. The molecule has 0 saturated carbocycles. The Kier molecular flexibility index (Phi) is 6.25. The number of piperidine rings is 1. The van der Waals surface area contributed by atoms with Gasteiger partial charge in [-0.25, -0.2) is 13.6 Å². The molecule has 0 radical (unpaired) electrons. The van der Waals surface area contributed by atoms with Gasteiger partial charge in [-0.1, -0.05) is 24.3 Å². The maximum absolute atomic E-state index is 13.5. The van der Waals surface area contributed by atoms with E-state index in [1.165, 1.54) is 24.3 Å². The highest BCUT2D eigenvalue weighted by Gasteiger charge is 2.41. The third-order valence-electron chi connectivity index (χ3n) is 6.57. The topological polar surface area (TPSA) is 53.0 Å². The molecule has 166 valence electrons. The van der Waals surface area contributed by atoms with Gasteiger partial charge in [-0.15, -0.1) is 0 Å². The quantitative estimate of drug-likeness (QED) is 0.759. The number of hydrogen-bond donors (Lipinski definition) is 1. The van der Waals surface area contributed by atoms with E-state index < -0.39 is 5.60 Å². The Morgan fingerprint density at radius 3 is 1.97 bits per heavy atom. The van der Waals surface area contributed by atoms with Gasteiger partial charge in [-0.05, 0) is 73.7 Å². The zero-order valence-electron chi connectivity index (χ0n) is 17.6. The molecule has 4 rings (SSSR count). The summed E-state index contributed by atoms with van der Waals surface area (Å²) in [7, 11) is 1.74. The fourth-order valence-corrected chi connectivity index (χ4v) is 4.75. The van der Waals surface area contributed by atoms with E-state index in [0.29, 0.717) is 17.7 Å². The zero-order valence-corrected chi connectivity index (χ0v) is 17.6. The lowest BCUT2D eigenvalue weighted by Gasteiger charge is -2.42. The van der Waals surface area contributed by atoms with E-state index in [0.717, 1.165) is 38.9 Å². The first-order valence-corrected chi connectivity index (χ1v) is 10.7. The monoisotopic (exact) mass is 430 g/mol. The second-order valence-electron chi connectivity index (χ2n) is 8.57. The summed E-state index contributed by atoms with van der Waals surface area (Å²) in [6, 6.07) is 11.8. The maximum Gasteiger partial charge on any atom is 0.409 e. The molecule has 2 aromatic rings. The van der Waals surface area contributed by atoms with Crippen molar-refractivity contribution in [2.75, 3.05) is 33.2 Å². The number of amides is 1. The van der Waals surface area contributed by atoms with Crippen molar-refractivity contribution in [1.82, 2.24) is 9.80 Å². The van der Waals surface area contributed by atoms with E-state index in [-0.39, 0.29) is 29.7 Å². The van der Waals surface area contributed by atoms with Crippen molar-refractivity contribution in [3.8, 4) is 0 Å². The van der Waals surface area contributed by atoms with Gasteiger partial charge < -0.3 is 19.6 Å². The summed E-state index contributed by atoms with van der Waals surface area (Å²) in [5.41, 5.74) is -0.100. The highest BCUT2D eigenvalue weighted by atomic mass is 19.1. The zero-order chi connectivity index (χ0) is 22.0. The molecular weight excluding hydrogens is 402 g/mol. The van der Waals surface area contributed by atoms with Crippen LogP contribution in [0, 0.1) is 17.6 Å². The van der Waals surface area contributed by atoms with Crippen LogP contribution in [0.3, 0.4) is 0 Å². The lowest BCUT2D eigenvalue weighted by molar-refractivity contribution is -0.0155. The van der Waals surface area contributed by atoms with Gasteiger partial charge in [0.15, 0.2) is 0 Å². The Bertz CT molecular complexity index is 851. The number of halogens is 2. The molecule has 5 nitrogen and oxygen atoms in total. The van der Waals surface area contributed by atoms with Crippen molar-refractivity contribution in [3.63, 3.8) is 0 Å². The normalized spacial score (nSPS) is 20.8. The lowest BCUT2D eigenvalue weighted by Crippen LogP contribution is -2.44. The standard InChI is InChI=1S/C24H28F2N2O3/c1-27-16-22(31-23(27)29)12-15-28-13-10-19(11-14-28)24(30,17-2-6-20(25)7-3-17)18-4-8-21(26)9-5-18/h2-9,19,22,30H,10-16H2,1H3/t22-/m0/s1. The van der Waals surface area contributed by atoms with E-state index in [1.807, 2.05) is 0 Å². The summed E-state index contributed by atoms with van der Waals surface area (Å²) in [6.45, 7) is 3.03. The number of benzene rings is 2. The van der Waals surface area contributed by atoms with Crippen molar-refractivity contribution in [2.24, 2.45) is 5.92 Å². The fraction of sp³-hybridized carbons (Fsp3) is 0.458. The van der Waals surface area contributed by atoms with Crippen LogP contribution < -0.4 is 0 Å². The number of likely N-dealkylation sites (tertiary alicyclic amines) is 1. The summed E-state index contributed by atoms with van der Waals surface area (Å²) >= 11 is 0. The highest BCUT2D eigenvalue weighted by Crippen LogP contribution is 2.42. The average molecular weight is 430 g/mol. The van der Waals surface area contributed by atoms with Crippen LogP contribution in [0.4, 0.5) is 13.6 Å². The SMILES string of the molecule is CN1C[C@H](CCN2CCC(C(O)(c3ccc(F)cc3)c3ccc(F)cc3)CC2)OC1=O. The van der Waals surface area contributed by atoms with Crippen LogP contribution in [0.2, 0.25) is 0 Å². The molecule has 2 aromatic carbocycles. The van der Waals surface area contributed by atoms with Gasteiger partial charge in [0.25, 0.3) is 0 Å². The number of likely N-dealkylation sites (N-methyl/N-ethyl adjacent to an activating group) is 1. The number of aliphatic hydroxyl groups is 1. The van der Waals surface area contributed by atoms with E-state index in [9.17, 15) is 18.7 Å². The Morgan fingerprint density at radius 1 is 1.00 bits per heavy atom. The smallest absolute Gasteiger partial charge is 0.409 e. The number of nitrogens with zero attached hydrogens (tertiary/aromatic N) is 2. The fourth-order valence-electron chi connectivity index (χ4n) is 4.75. The van der Waals surface area contributed by atoms with Gasteiger partial charge in [0.05, 0.1) is 6.54 Å².